The number of thioether (sulfide) groups is 1. The normalized spacial score (nSPS) is 16.2. The molecule has 0 spiro atoms. The molecule has 0 saturated carbocycles. The molecule has 0 atom stereocenters. The molecule has 30 heavy (non-hydrogen) atoms. The van der Waals surface area contributed by atoms with Crippen molar-refractivity contribution in [3.8, 4) is 0 Å². The molecule has 2 heterocycles. The maximum Gasteiger partial charge on any atom is 0.263 e. The number of carbonyl (C=O) groups excluding carboxylic acids is 1. The molecule has 2 aromatic heterocycles. The number of hydrogen-bond donors (Lipinski definition) is 1. The first-order chi connectivity index (χ1) is 14.7. The van der Waals surface area contributed by atoms with Crippen LogP contribution in [0.3, 0.4) is 0 Å². The van der Waals surface area contributed by atoms with Gasteiger partial charge in [-0.3, -0.25) is 14.2 Å². The Hall–Kier alpha value is -1.86. The minimum atomic E-state index is -0.0126. The molecule has 0 unspecified atom stereocenters. The summed E-state index contributed by atoms with van der Waals surface area (Å²) >= 11 is 2.99. The molecule has 2 aliphatic carbocycles. The molecule has 0 aliphatic heterocycles. The van der Waals surface area contributed by atoms with Gasteiger partial charge in [0.05, 0.1) is 11.1 Å². The van der Waals surface area contributed by atoms with Gasteiger partial charge in [0.1, 0.15) is 4.83 Å². The molecule has 0 fully saturated rings. The average Bonchev–Trinajstić information content (AvgIpc) is 3.14. The Morgan fingerprint density at radius 1 is 1.27 bits per heavy atom. The van der Waals surface area contributed by atoms with Crippen LogP contribution in [-0.4, -0.2) is 27.8 Å². The van der Waals surface area contributed by atoms with E-state index < -0.39 is 0 Å². The van der Waals surface area contributed by atoms with Gasteiger partial charge in [-0.2, -0.15) is 0 Å². The van der Waals surface area contributed by atoms with Gasteiger partial charge in [0.25, 0.3) is 5.56 Å². The summed E-state index contributed by atoms with van der Waals surface area (Å²) < 4.78 is 1.67. The fourth-order valence-electron chi connectivity index (χ4n) is 4.30. The molecule has 160 valence electrons. The molecule has 1 N–H and O–H groups in total. The summed E-state index contributed by atoms with van der Waals surface area (Å²) in [5.41, 5.74) is 2.66. The lowest BCUT2D eigenvalue weighted by Gasteiger charge is -2.13. The van der Waals surface area contributed by atoms with Gasteiger partial charge in [0, 0.05) is 18.0 Å². The Kier molecular flexibility index (Phi) is 7.10. The van der Waals surface area contributed by atoms with Crippen LogP contribution < -0.4 is 10.9 Å². The minimum absolute atomic E-state index is 0.00597. The maximum absolute atomic E-state index is 13.2. The van der Waals surface area contributed by atoms with Gasteiger partial charge in [0.15, 0.2) is 5.16 Å². The van der Waals surface area contributed by atoms with E-state index in [0.29, 0.717) is 18.2 Å². The van der Waals surface area contributed by atoms with Crippen LogP contribution in [0.25, 0.3) is 10.2 Å². The quantitative estimate of drug-likeness (QED) is 0.367. The van der Waals surface area contributed by atoms with Crippen molar-refractivity contribution in [3.63, 3.8) is 0 Å². The molecule has 1 amide bonds. The smallest absolute Gasteiger partial charge is 0.263 e. The Bertz CT molecular complexity index is 1040. The fraction of sp³-hybridized carbons (Fsp3) is 0.522. The minimum Gasteiger partial charge on any atom is -0.355 e. The third kappa shape index (κ3) is 4.72. The summed E-state index contributed by atoms with van der Waals surface area (Å²) in [4.78, 5) is 32.5. The predicted octanol–water partition coefficient (Wildman–Crippen LogP) is 4.62. The van der Waals surface area contributed by atoms with Crippen LogP contribution >= 0.6 is 23.1 Å². The van der Waals surface area contributed by atoms with Crippen molar-refractivity contribution in [2.45, 2.75) is 69.5 Å². The van der Waals surface area contributed by atoms with Gasteiger partial charge in [-0.05, 0) is 63.4 Å². The van der Waals surface area contributed by atoms with E-state index >= 15 is 0 Å². The van der Waals surface area contributed by atoms with Crippen LogP contribution in [0.15, 0.2) is 34.3 Å². The number of amides is 1. The van der Waals surface area contributed by atoms with Crippen molar-refractivity contribution < 1.29 is 4.79 Å². The molecule has 2 aromatic rings. The van der Waals surface area contributed by atoms with Gasteiger partial charge < -0.3 is 5.32 Å². The number of nitrogens with one attached hydrogen (secondary N) is 1. The highest BCUT2D eigenvalue weighted by molar-refractivity contribution is 7.99. The Labute approximate surface area is 185 Å². The lowest BCUT2D eigenvalue weighted by Crippen LogP contribution is -2.28. The SMILES string of the molecule is C=CCn1c(SCC(=O)NCCC2=CCCCC2)nc2sc3c(c2c1=O)CCCC3. The maximum atomic E-state index is 13.2. The zero-order valence-corrected chi connectivity index (χ0v) is 19.0. The first-order valence-electron chi connectivity index (χ1n) is 10.9. The molecular formula is C23H29N3O2S2. The lowest BCUT2D eigenvalue weighted by atomic mass is 9.97. The molecule has 2 aliphatic rings. The number of fused-ring (bicyclic) bond motifs is 3. The molecule has 0 saturated heterocycles. The monoisotopic (exact) mass is 443 g/mol. The van der Waals surface area contributed by atoms with Crippen molar-refractivity contribution in [3.05, 3.63) is 45.1 Å². The highest BCUT2D eigenvalue weighted by Gasteiger charge is 2.22. The average molecular weight is 444 g/mol. The summed E-state index contributed by atoms with van der Waals surface area (Å²) in [6.45, 7) is 4.88. The van der Waals surface area contributed by atoms with Crippen LogP contribution in [0.1, 0.15) is 55.4 Å². The highest BCUT2D eigenvalue weighted by Crippen LogP contribution is 2.34. The predicted molar refractivity (Wildman–Crippen MR) is 126 cm³/mol. The van der Waals surface area contributed by atoms with E-state index in [0.717, 1.165) is 42.3 Å². The van der Waals surface area contributed by atoms with E-state index in [9.17, 15) is 9.59 Å². The van der Waals surface area contributed by atoms with Gasteiger partial charge in [0.2, 0.25) is 5.91 Å². The van der Waals surface area contributed by atoms with E-state index in [1.165, 1.54) is 53.5 Å². The number of rotatable bonds is 8. The number of carbonyl (C=O) groups is 1. The second-order valence-corrected chi connectivity index (χ2v) is 10.0. The molecule has 5 nitrogen and oxygen atoms in total. The van der Waals surface area contributed by atoms with Crippen LogP contribution in [0.2, 0.25) is 0 Å². The molecule has 0 radical (unpaired) electrons. The van der Waals surface area contributed by atoms with Crippen molar-refractivity contribution in [2.75, 3.05) is 12.3 Å². The number of hydrogen-bond acceptors (Lipinski definition) is 5. The van der Waals surface area contributed by atoms with E-state index in [-0.39, 0.29) is 17.2 Å². The number of nitrogens with zero attached hydrogens (tertiary/aromatic N) is 2. The summed E-state index contributed by atoms with van der Waals surface area (Å²) in [5, 5.41) is 4.40. The number of thiophene rings is 1. The topological polar surface area (TPSA) is 64.0 Å². The number of aromatic nitrogens is 2. The molecular weight excluding hydrogens is 414 g/mol. The van der Waals surface area contributed by atoms with Crippen LogP contribution in [-0.2, 0) is 24.2 Å². The first-order valence-corrected chi connectivity index (χ1v) is 12.7. The van der Waals surface area contributed by atoms with E-state index in [1.807, 2.05) is 0 Å². The van der Waals surface area contributed by atoms with E-state index in [2.05, 4.69) is 18.0 Å². The van der Waals surface area contributed by atoms with E-state index in [1.54, 1.807) is 22.0 Å². The van der Waals surface area contributed by atoms with Crippen molar-refractivity contribution in [1.29, 1.82) is 0 Å². The molecule has 7 heteroatoms. The summed E-state index contributed by atoms with van der Waals surface area (Å²) in [6.07, 6.45) is 14.2. The second-order valence-electron chi connectivity index (χ2n) is 7.99. The summed E-state index contributed by atoms with van der Waals surface area (Å²) in [6, 6.07) is 0. The standard InChI is InChI=1S/C23H29N3O2S2/c1-2-14-26-22(28)20-17-10-6-7-11-18(17)30-21(20)25-23(26)29-15-19(27)24-13-12-16-8-4-3-5-9-16/h2,8H,1,3-7,9-15H2,(H,24,27). The van der Waals surface area contributed by atoms with Crippen molar-refractivity contribution in [1.82, 2.24) is 14.9 Å². The van der Waals surface area contributed by atoms with Crippen molar-refractivity contribution in [2.24, 2.45) is 0 Å². The zero-order valence-electron chi connectivity index (χ0n) is 17.4. The first kappa shape index (κ1) is 21.4. The van der Waals surface area contributed by atoms with E-state index in [4.69, 9.17) is 4.98 Å². The summed E-state index contributed by atoms with van der Waals surface area (Å²) in [5.74, 6) is 0.251. The Morgan fingerprint density at radius 3 is 2.90 bits per heavy atom. The molecule has 4 rings (SSSR count). The van der Waals surface area contributed by atoms with Gasteiger partial charge >= 0.3 is 0 Å². The Balaban J connectivity index is 1.45. The van der Waals surface area contributed by atoms with Gasteiger partial charge in [-0.1, -0.05) is 29.5 Å². The van der Waals surface area contributed by atoms with Crippen LogP contribution in [0.4, 0.5) is 0 Å². The second kappa shape index (κ2) is 9.96. The Morgan fingerprint density at radius 2 is 2.10 bits per heavy atom. The number of allylic oxidation sites excluding steroid dienone is 2. The zero-order chi connectivity index (χ0) is 20.9. The van der Waals surface area contributed by atoms with Crippen LogP contribution in [0, 0.1) is 0 Å². The molecule has 0 bridgehead atoms. The molecule has 0 aromatic carbocycles. The van der Waals surface area contributed by atoms with Crippen molar-refractivity contribution >= 4 is 39.2 Å². The number of aryl methyl sites for hydroxylation is 2. The van der Waals surface area contributed by atoms with Gasteiger partial charge in [-0.15, -0.1) is 17.9 Å². The fourth-order valence-corrected chi connectivity index (χ4v) is 6.44. The summed E-state index contributed by atoms with van der Waals surface area (Å²) in [7, 11) is 0. The van der Waals surface area contributed by atoms with Crippen LogP contribution in [0.5, 0.6) is 0 Å². The lowest BCUT2D eigenvalue weighted by molar-refractivity contribution is -0.118. The van der Waals surface area contributed by atoms with Gasteiger partial charge in [-0.25, -0.2) is 4.98 Å². The third-order valence-corrected chi connectivity index (χ3v) is 8.00. The third-order valence-electron chi connectivity index (χ3n) is 5.84. The highest BCUT2D eigenvalue weighted by atomic mass is 32.2. The largest absolute Gasteiger partial charge is 0.355 e.